The molecule has 0 aliphatic carbocycles. The van der Waals surface area contributed by atoms with Crippen molar-refractivity contribution in [2.45, 2.75) is 58.7 Å². The Bertz CT molecular complexity index is 709. The predicted molar refractivity (Wildman–Crippen MR) is 115 cm³/mol. The van der Waals surface area contributed by atoms with Crippen LogP contribution < -0.4 is 10.6 Å². The molecule has 1 aromatic heterocycles. The Hall–Kier alpha value is -2.34. The summed E-state index contributed by atoms with van der Waals surface area (Å²) >= 11 is 0. The van der Waals surface area contributed by atoms with Crippen molar-refractivity contribution in [2.75, 3.05) is 20.6 Å². The maximum Gasteiger partial charge on any atom is 0.191 e. The van der Waals surface area contributed by atoms with Crippen LogP contribution in [0.15, 0.2) is 45.9 Å². The highest BCUT2D eigenvalue weighted by atomic mass is 16.5. The lowest BCUT2D eigenvalue weighted by atomic mass is 9.99. The van der Waals surface area contributed by atoms with Gasteiger partial charge < -0.3 is 15.2 Å². The standard InChI is InChI=1S/C22H35N5O/c1-6-19(7-2)21-13-20(28-26-21)15-25-22(23-4)24-14-17(3)27(5)16-18-11-9-8-10-12-18/h8-13,17,19H,6-7,14-16H2,1-5H3,(H2,23,24,25). The SMILES string of the molecule is CCC(CC)c1cc(CNC(=NC)NCC(C)N(C)Cc2ccccc2)on1. The van der Waals surface area contributed by atoms with E-state index in [0.717, 1.165) is 43.3 Å². The van der Waals surface area contributed by atoms with Crippen LogP contribution in [0.2, 0.25) is 0 Å². The molecular formula is C22H35N5O. The van der Waals surface area contributed by atoms with Gasteiger partial charge >= 0.3 is 0 Å². The predicted octanol–water partition coefficient (Wildman–Crippen LogP) is 3.76. The number of rotatable bonds is 10. The average Bonchev–Trinajstić information content (AvgIpc) is 3.18. The van der Waals surface area contributed by atoms with E-state index in [-0.39, 0.29) is 0 Å². The minimum absolute atomic E-state index is 0.366. The third-order valence-corrected chi connectivity index (χ3v) is 5.23. The summed E-state index contributed by atoms with van der Waals surface area (Å²) in [7, 11) is 3.92. The molecule has 0 aliphatic rings. The van der Waals surface area contributed by atoms with Gasteiger partial charge in [-0.3, -0.25) is 9.89 Å². The van der Waals surface area contributed by atoms with Gasteiger partial charge in [0.2, 0.25) is 0 Å². The first-order valence-corrected chi connectivity index (χ1v) is 10.2. The molecule has 154 valence electrons. The molecule has 0 radical (unpaired) electrons. The molecule has 0 fully saturated rings. The normalized spacial score (nSPS) is 13.2. The Morgan fingerprint density at radius 3 is 2.54 bits per heavy atom. The summed E-state index contributed by atoms with van der Waals surface area (Å²) in [5.74, 6) is 2.07. The molecular weight excluding hydrogens is 350 g/mol. The number of aliphatic imine (C=N–C) groups is 1. The van der Waals surface area contributed by atoms with Crippen LogP contribution in [0.4, 0.5) is 0 Å². The lowest BCUT2D eigenvalue weighted by molar-refractivity contribution is 0.249. The van der Waals surface area contributed by atoms with Crippen molar-refractivity contribution in [1.82, 2.24) is 20.7 Å². The number of nitrogens with one attached hydrogen (secondary N) is 2. The molecule has 6 heteroatoms. The average molecular weight is 386 g/mol. The highest BCUT2D eigenvalue weighted by Gasteiger charge is 2.14. The summed E-state index contributed by atoms with van der Waals surface area (Å²) in [5, 5.41) is 10.9. The molecule has 6 nitrogen and oxygen atoms in total. The monoisotopic (exact) mass is 385 g/mol. The number of hydrogen-bond acceptors (Lipinski definition) is 4. The van der Waals surface area contributed by atoms with Crippen LogP contribution in [0.5, 0.6) is 0 Å². The zero-order valence-electron chi connectivity index (χ0n) is 17.9. The van der Waals surface area contributed by atoms with Gasteiger partial charge in [0.05, 0.1) is 12.2 Å². The fraction of sp³-hybridized carbons (Fsp3) is 0.545. The maximum absolute atomic E-state index is 5.47. The molecule has 1 atom stereocenters. The number of guanidine groups is 1. The van der Waals surface area contributed by atoms with Crippen LogP contribution in [0.3, 0.4) is 0 Å². The topological polar surface area (TPSA) is 65.7 Å². The summed E-state index contributed by atoms with van der Waals surface area (Å²) in [6.45, 7) is 8.87. The lowest BCUT2D eigenvalue weighted by Crippen LogP contribution is -2.44. The Kier molecular flexibility index (Phi) is 9.01. The van der Waals surface area contributed by atoms with Crippen LogP contribution in [0, 0.1) is 0 Å². The molecule has 2 aromatic rings. The zero-order chi connectivity index (χ0) is 20.4. The van der Waals surface area contributed by atoms with Crippen molar-refractivity contribution in [1.29, 1.82) is 0 Å². The van der Waals surface area contributed by atoms with Gasteiger partial charge in [0.25, 0.3) is 0 Å². The molecule has 2 rings (SSSR count). The highest BCUT2D eigenvalue weighted by Crippen LogP contribution is 2.22. The van der Waals surface area contributed by atoms with Gasteiger partial charge in [-0.05, 0) is 32.4 Å². The van der Waals surface area contributed by atoms with Crippen LogP contribution in [0.25, 0.3) is 0 Å². The first kappa shape index (κ1) is 22.0. The van der Waals surface area contributed by atoms with Crippen LogP contribution in [-0.4, -0.2) is 42.7 Å². The van der Waals surface area contributed by atoms with Gasteiger partial charge in [-0.25, -0.2) is 0 Å². The minimum Gasteiger partial charge on any atom is -0.359 e. The number of aromatic nitrogens is 1. The van der Waals surface area contributed by atoms with E-state index >= 15 is 0 Å². The van der Waals surface area contributed by atoms with Crippen LogP contribution >= 0.6 is 0 Å². The molecule has 1 aromatic carbocycles. The summed E-state index contributed by atoms with van der Waals surface area (Å²) < 4.78 is 5.47. The number of benzene rings is 1. The molecule has 1 unspecified atom stereocenters. The van der Waals surface area contributed by atoms with Gasteiger partial charge in [-0.2, -0.15) is 0 Å². The second kappa shape index (κ2) is 11.5. The zero-order valence-corrected chi connectivity index (χ0v) is 17.9. The van der Waals surface area contributed by atoms with Crippen molar-refractivity contribution in [3.63, 3.8) is 0 Å². The van der Waals surface area contributed by atoms with Gasteiger partial charge in [0.15, 0.2) is 11.7 Å². The van der Waals surface area contributed by atoms with Crippen molar-refractivity contribution in [2.24, 2.45) is 4.99 Å². The van der Waals surface area contributed by atoms with E-state index in [2.05, 4.69) is 77.8 Å². The van der Waals surface area contributed by atoms with E-state index in [1.165, 1.54) is 5.56 Å². The van der Waals surface area contributed by atoms with E-state index in [1.54, 1.807) is 7.05 Å². The van der Waals surface area contributed by atoms with E-state index in [1.807, 2.05) is 12.1 Å². The molecule has 0 amide bonds. The number of nitrogens with zero attached hydrogens (tertiary/aromatic N) is 3. The fourth-order valence-corrected chi connectivity index (χ4v) is 3.13. The second-order valence-electron chi connectivity index (χ2n) is 7.29. The molecule has 1 heterocycles. The second-order valence-corrected chi connectivity index (χ2v) is 7.29. The Morgan fingerprint density at radius 2 is 1.89 bits per heavy atom. The Labute approximate surface area is 169 Å². The first-order valence-electron chi connectivity index (χ1n) is 10.2. The Morgan fingerprint density at radius 1 is 1.18 bits per heavy atom. The molecule has 0 bridgehead atoms. The molecule has 0 aliphatic heterocycles. The van der Waals surface area contributed by atoms with E-state index < -0.39 is 0 Å². The fourth-order valence-electron chi connectivity index (χ4n) is 3.13. The molecule has 28 heavy (non-hydrogen) atoms. The number of likely N-dealkylation sites (N-methyl/N-ethyl adjacent to an activating group) is 1. The third kappa shape index (κ3) is 6.68. The van der Waals surface area contributed by atoms with Crippen molar-refractivity contribution < 1.29 is 4.52 Å². The summed E-state index contributed by atoms with van der Waals surface area (Å²) in [6.07, 6.45) is 2.15. The lowest BCUT2D eigenvalue weighted by Gasteiger charge is -2.25. The molecule has 0 spiro atoms. The molecule has 0 saturated carbocycles. The van der Waals surface area contributed by atoms with Crippen molar-refractivity contribution in [3.8, 4) is 0 Å². The quantitative estimate of drug-likeness (QED) is 0.481. The maximum atomic E-state index is 5.47. The van der Waals surface area contributed by atoms with Crippen LogP contribution in [0.1, 0.15) is 56.5 Å². The minimum atomic E-state index is 0.366. The summed E-state index contributed by atoms with van der Waals surface area (Å²) in [5.41, 5.74) is 2.36. The first-order chi connectivity index (χ1) is 13.6. The van der Waals surface area contributed by atoms with E-state index in [4.69, 9.17) is 4.52 Å². The van der Waals surface area contributed by atoms with E-state index in [9.17, 15) is 0 Å². The molecule has 2 N–H and O–H groups in total. The largest absolute Gasteiger partial charge is 0.359 e. The smallest absolute Gasteiger partial charge is 0.191 e. The van der Waals surface area contributed by atoms with Gasteiger partial charge in [-0.1, -0.05) is 49.3 Å². The summed E-state index contributed by atoms with van der Waals surface area (Å²) in [4.78, 5) is 6.63. The van der Waals surface area contributed by atoms with Crippen molar-refractivity contribution in [3.05, 3.63) is 53.4 Å². The number of hydrogen-bond donors (Lipinski definition) is 2. The van der Waals surface area contributed by atoms with Gasteiger partial charge in [-0.15, -0.1) is 0 Å². The van der Waals surface area contributed by atoms with E-state index in [0.29, 0.717) is 18.5 Å². The van der Waals surface area contributed by atoms with Gasteiger partial charge in [0.1, 0.15) is 0 Å². The van der Waals surface area contributed by atoms with Crippen LogP contribution in [-0.2, 0) is 13.1 Å². The summed E-state index contributed by atoms with van der Waals surface area (Å²) in [6, 6.07) is 12.9. The van der Waals surface area contributed by atoms with Gasteiger partial charge in [0, 0.05) is 38.2 Å². The third-order valence-electron chi connectivity index (χ3n) is 5.23. The van der Waals surface area contributed by atoms with Crippen molar-refractivity contribution >= 4 is 5.96 Å². The highest BCUT2D eigenvalue weighted by molar-refractivity contribution is 5.79. The molecule has 0 saturated heterocycles. The Balaban J connectivity index is 1.78.